The Hall–Kier alpha value is -3.27. The summed E-state index contributed by atoms with van der Waals surface area (Å²) in [5, 5.41) is -3.66. The molecule has 0 amide bonds. The molecule has 16 heteroatoms. The number of nitrogens with zero attached hydrogens (tertiary/aromatic N) is 1. The van der Waals surface area contributed by atoms with Crippen LogP contribution in [0.3, 0.4) is 0 Å². The molecule has 0 bridgehead atoms. The van der Waals surface area contributed by atoms with Crippen LogP contribution in [0.2, 0.25) is 0 Å². The van der Waals surface area contributed by atoms with E-state index < -0.39 is 76.6 Å². The number of hydrogen-bond acceptors (Lipinski definition) is 2. The number of fused-ring (bicyclic) bond motifs is 2. The predicted molar refractivity (Wildman–Crippen MR) is 121 cm³/mol. The zero-order valence-electron chi connectivity index (χ0n) is 19.9. The van der Waals surface area contributed by atoms with Crippen LogP contribution in [-0.4, -0.2) is 34.5 Å². The maximum absolute atomic E-state index is 15.4. The topological polar surface area (TPSA) is 29.5 Å². The van der Waals surface area contributed by atoms with E-state index in [1.54, 1.807) is 0 Å². The summed E-state index contributed by atoms with van der Waals surface area (Å²) in [6.07, 6.45) is -26.0. The molecule has 1 spiro atoms. The van der Waals surface area contributed by atoms with Crippen LogP contribution >= 0.6 is 0 Å². The van der Waals surface area contributed by atoms with E-state index in [1.807, 2.05) is 0 Å². The fourth-order valence-corrected chi connectivity index (χ4v) is 11.2. The Morgan fingerprint density at radius 1 is 0.610 bits per heavy atom. The summed E-state index contributed by atoms with van der Waals surface area (Å²) in [5.74, 6) is 0. The lowest BCUT2D eigenvalue weighted by molar-refractivity contribution is -0.364. The number of rotatable bonds is 2. The van der Waals surface area contributed by atoms with Crippen molar-refractivity contribution in [2.24, 2.45) is 0 Å². The molecule has 0 unspecified atom stereocenters. The van der Waals surface area contributed by atoms with Gasteiger partial charge in [-0.25, -0.2) is 8.49 Å². The smallest absolute Gasteiger partial charge is 0.245 e. The van der Waals surface area contributed by atoms with E-state index in [0.717, 1.165) is 42.5 Å². The van der Waals surface area contributed by atoms with Gasteiger partial charge in [-0.1, -0.05) is 76.3 Å². The average Bonchev–Trinajstić information content (AvgIpc) is 3.12. The Bertz CT molecular complexity index is 1460. The van der Waals surface area contributed by atoms with Gasteiger partial charge in [0, 0.05) is 5.56 Å². The lowest BCUT2D eigenvalue weighted by atomic mass is 9.86. The second-order valence-corrected chi connectivity index (χ2v) is 12.6. The number of para-hydroxylation sites is 1. The number of anilines is 1. The molecule has 5 rings (SSSR count). The highest BCUT2D eigenvalue weighted by atomic mass is 32.3. The molecule has 0 saturated carbocycles. The zero-order chi connectivity index (χ0) is 30.5. The van der Waals surface area contributed by atoms with Crippen LogP contribution in [0.5, 0.6) is 0 Å². The van der Waals surface area contributed by atoms with E-state index in [9.17, 15) is 52.7 Å². The number of halogens is 12. The van der Waals surface area contributed by atoms with Crippen molar-refractivity contribution in [3.63, 3.8) is 0 Å². The van der Waals surface area contributed by atoms with Crippen LogP contribution in [0.4, 0.5) is 58.4 Å². The number of alkyl halides is 12. The third-order valence-electron chi connectivity index (χ3n) is 7.17. The molecule has 2 heterocycles. The van der Waals surface area contributed by atoms with E-state index >= 15 is 4.21 Å². The third-order valence-corrected chi connectivity index (χ3v) is 11.5. The lowest BCUT2D eigenvalue weighted by Gasteiger charge is -2.75. The Balaban J connectivity index is 2.06. The summed E-state index contributed by atoms with van der Waals surface area (Å²) < 4.78 is 196. The fourth-order valence-electron chi connectivity index (χ4n) is 5.79. The van der Waals surface area contributed by atoms with Crippen LogP contribution in [0.15, 0.2) is 89.8 Å². The SMILES string of the molecule is O=S12(OC(C(F)(F)F)(C(F)(F)F)c3ccccc31)[C@H](c1ccccc1)C(C(F)(F)F)(C(F)(F)F)N2c1ccccc1. The first kappa shape index (κ1) is 29.2. The first-order chi connectivity index (χ1) is 18.7. The molecule has 1 fully saturated rings. The summed E-state index contributed by atoms with van der Waals surface area (Å²) in [5.41, 5.74) is -15.1. The fraction of sp³-hybridized carbons (Fsp3) is 0.280. The van der Waals surface area contributed by atoms with E-state index in [1.165, 1.54) is 0 Å². The van der Waals surface area contributed by atoms with Crippen LogP contribution in [-0.2, 0) is 19.3 Å². The molecule has 2 aliphatic rings. The van der Waals surface area contributed by atoms with Crippen molar-refractivity contribution in [3.05, 3.63) is 96.1 Å². The Labute approximate surface area is 223 Å². The van der Waals surface area contributed by atoms with E-state index in [4.69, 9.17) is 0 Å². The molecule has 0 aromatic heterocycles. The van der Waals surface area contributed by atoms with Crippen LogP contribution in [0, 0.1) is 0 Å². The highest BCUT2D eigenvalue weighted by molar-refractivity contribution is 8.19. The summed E-state index contributed by atoms with van der Waals surface area (Å²) >= 11 is 0. The first-order valence-corrected chi connectivity index (χ1v) is 13.3. The summed E-state index contributed by atoms with van der Waals surface area (Å²) in [4.78, 5) is -1.60. The molecular formula is C25H15F12NO2S. The molecule has 2 aliphatic heterocycles. The monoisotopic (exact) mass is 621 g/mol. The molecule has 3 nitrogen and oxygen atoms in total. The van der Waals surface area contributed by atoms with Gasteiger partial charge in [-0.15, -0.1) is 0 Å². The van der Waals surface area contributed by atoms with Gasteiger partial charge < -0.3 is 0 Å². The Kier molecular flexibility index (Phi) is 5.83. The van der Waals surface area contributed by atoms with Crippen molar-refractivity contribution in [2.75, 3.05) is 4.31 Å². The summed E-state index contributed by atoms with van der Waals surface area (Å²) in [6, 6.07) is 10.1. The van der Waals surface area contributed by atoms with Gasteiger partial charge in [-0.3, -0.25) is 0 Å². The lowest BCUT2D eigenvalue weighted by Crippen LogP contribution is -2.89. The van der Waals surface area contributed by atoms with E-state index in [-0.39, 0.29) is 6.07 Å². The maximum Gasteiger partial charge on any atom is 0.433 e. The summed E-state index contributed by atoms with van der Waals surface area (Å²) in [6.45, 7) is 0. The molecule has 0 radical (unpaired) electrons. The zero-order valence-corrected chi connectivity index (χ0v) is 20.7. The Morgan fingerprint density at radius 2 is 1.05 bits per heavy atom. The average molecular weight is 621 g/mol. The molecule has 3 aromatic rings. The van der Waals surface area contributed by atoms with Gasteiger partial charge in [0.1, 0.15) is 5.25 Å². The minimum Gasteiger partial charge on any atom is -0.245 e. The Morgan fingerprint density at radius 3 is 1.51 bits per heavy atom. The van der Waals surface area contributed by atoms with Gasteiger partial charge in [0.15, 0.2) is 0 Å². The van der Waals surface area contributed by atoms with Gasteiger partial charge in [-0.05, 0) is 23.8 Å². The van der Waals surface area contributed by atoms with Crippen molar-refractivity contribution in [3.8, 4) is 0 Å². The molecule has 222 valence electrons. The maximum atomic E-state index is 15.4. The van der Waals surface area contributed by atoms with Gasteiger partial charge >= 0.3 is 30.3 Å². The minimum absolute atomic E-state index is 0.177. The minimum atomic E-state index is -7.21. The van der Waals surface area contributed by atoms with Gasteiger partial charge in [0.25, 0.3) is 5.54 Å². The second kappa shape index (κ2) is 8.18. The molecule has 0 N–H and O–H groups in total. The van der Waals surface area contributed by atoms with E-state index in [0.29, 0.717) is 36.4 Å². The van der Waals surface area contributed by atoms with Crippen molar-refractivity contribution in [1.29, 1.82) is 0 Å². The van der Waals surface area contributed by atoms with Crippen LogP contribution < -0.4 is 4.31 Å². The van der Waals surface area contributed by atoms with Gasteiger partial charge in [0.05, 0.1) is 10.6 Å². The first-order valence-electron chi connectivity index (χ1n) is 11.4. The highest BCUT2D eigenvalue weighted by Crippen LogP contribution is 2.82. The number of benzene rings is 3. The molecule has 0 aliphatic carbocycles. The standard InChI is InChI=1S/C25H15F12NO2S/c26-22(27,28)20(23(29,30)31)19(15-9-3-1-4-10-15)41(39,38(20)16-11-5-2-6-12-16)18-14-8-7-13-17(18)21(40-41,24(32,33)34)25(35,36)37/h1-14,19H/t19-/m1/s1. The highest BCUT2D eigenvalue weighted by Gasteiger charge is 2.96. The van der Waals surface area contributed by atoms with Crippen molar-refractivity contribution < 1.29 is 61.1 Å². The van der Waals surface area contributed by atoms with Crippen LogP contribution in [0.1, 0.15) is 16.4 Å². The molecule has 1 saturated heterocycles. The largest absolute Gasteiger partial charge is 0.433 e. The molecule has 3 aromatic carbocycles. The normalized spacial score (nSPS) is 23.8. The second-order valence-electron chi connectivity index (χ2n) is 9.33. The molecular weight excluding hydrogens is 606 g/mol. The van der Waals surface area contributed by atoms with Crippen LogP contribution in [0.25, 0.3) is 0 Å². The van der Waals surface area contributed by atoms with E-state index in [2.05, 4.69) is 4.18 Å². The number of hydrogen-bond donors (Lipinski definition) is 0. The summed E-state index contributed by atoms with van der Waals surface area (Å²) in [7, 11) is -7.21. The predicted octanol–water partition coefficient (Wildman–Crippen LogP) is 8.17. The quantitative estimate of drug-likeness (QED) is 0.270. The van der Waals surface area contributed by atoms with Crippen molar-refractivity contribution in [2.45, 2.75) is 46.0 Å². The molecule has 1 atom stereocenters. The molecule has 41 heavy (non-hydrogen) atoms. The van der Waals surface area contributed by atoms with Gasteiger partial charge in [0.2, 0.25) is 0 Å². The third kappa shape index (κ3) is 3.25. The van der Waals surface area contributed by atoms with Crippen molar-refractivity contribution in [1.82, 2.24) is 0 Å². The van der Waals surface area contributed by atoms with Gasteiger partial charge in [-0.2, -0.15) is 56.9 Å². The van der Waals surface area contributed by atoms with Crippen molar-refractivity contribution >= 4 is 15.2 Å².